The van der Waals surface area contributed by atoms with Crippen LogP contribution in [-0.2, 0) is 26.6 Å². The molecule has 1 saturated carbocycles. The lowest BCUT2D eigenvalue weighted by molar-refractivity contribution is -0.161. The second-order valence-electron chi connectivity index (χ2n) is 8.75. The van der Waals surface area contributed by atoms with Crippen LogP contribution in [0.1, 0.15) is 35.6 Å². The summed E-state index contributed by atoms with van der Waals surface area (Å²) in [6.45, 7) is 0. The van der Waals surface area contributed by atoms with Crippen molar-refractivity contribution in [1.29, 1.82) is 5.26 Å². The van der Waals surface area contributed by atoms with Crippen molar-refractivity contribution in [2.75, 3.05) is 5.75 Å². The second kappa shape index (κ2) is 10.5. The van der Waals surface area contributed by atoms with Crippen LogP contribution in [0, 0.1) is 23.0 Å². The number of hydrogen-bond donors (Lipinski definition) is 2. The van der Waals surface area contributed by atoms with Crippen LogP contribution in [0.3, 0.4) is 0 Å². The molecule has 1 fully saturated rings. The number of nitrogens with zero attached hydrogens (tertiary/aromatic N) is 1. The molecule has 2 aromatic carbocycles. The molecule has 0 aliphatic heterocycles. The van der Waals surface area contributed by atoms with Crippen LogP contribution >= 0.6 is 0 Å². The van der Waals surface area contributed by atoms with Crippen LogP contribution in [0.5, 0.6) is 0 Å². The van der Waals surface area contributed by atoms with Gasteiger partial charge in [-0.05, 0) is 30.5 Å². The fourth-order valence-electron chi connectivity index (χ4n) is 3.68. The summed E-state index contributed by atoms with van der Waals surface area (Å²) in [4.78, 5) is 12.9. The molecule has 206 valence electrons. The van der Waals surface area contributed by atoms with Gasteiger partial charge in [0, 0.05) is 11.6 Å². The van der Waals surface area contributed by atoms with Crippen molar-refractivity contribution in [3.05, 3.63) is 70.8 Å². The third kappa shape index (κ3) is 7.19. The highest BCUT2D eigenvalue weighted by atomic mass is 32.2. The van der Waals surface area contributed by atoms with Gasteiger partial charge in [-0.25, -0.2) is 17.2 Å². The maximum atomic E-state index is 14.3. The van der Waals surface area contributed by atoms with Crippen molar-refractivity contribution in [3.63, 3.8) is 0 Å². The number of rotatable bonds is 9. The first-order valence-corrected chi connectivity index (χ1v) is 12.6. The molecule has 15 heteroatoms. The molecule has 38 heavy (non-hydrogen) atoms. The van der Waals surface area contributed by atoms with Crippen molar-refractivity contribution < 1.29 is 48.3 Å². The Bertz CT molecular complexity index is 1350. The summed E-state index contributed by atoms with van der Waals surface area (Å²) in [5.74, 6) is -6.91. The highest BCUT2D eigenvalue weighted by Crippen LogP contribution is 2.37. The van der Waals surface area contributed by atoms with Gasteiger partial charge in [0.2, 0.25) is 5.91 Å². The molecular formula is C23H19F8N3O3S. The molecular weight excluding hydrogens is 550 g/mol. The Morgan fingerprint density at radius 3 is 2.21 bits per heavy atom. The molecule has 0 heterocycles. The number of carbonyl (C=O) groups is 1. The average molecular weight is 569 g/mol. The summed E-state index contributed by atoms with van der Waals surface area (Å²) in [6, 6.07) is 1.21. The predicted octanol–water partition coefficient (Wildman–Crippen LogP) is 4.33. The van der Waals surface area contributed by atoms with E-state index in [2.05, 4.69) is 5.32 Å². The number of nitriles is 1. The summed E-state index contributed by atoms with van der Waals surface area (Å²) in [5.41, 5.74) is -4.59. The van der Waals surface area contributed by atoms with Crippen molar-refractivity contribution >= 4 is 15.7 Å². The Morgan fingerprint density at radius 2 is 1.68 bits per heavy atom. The van der Waals surface area contributed by atoms with Gasteiger partial charge in [0.1, 0.15) is 29.3 Å². The Hall–Kier alpha value is -3.25. The maximum Gasteiger partial charge on any atom is 0.416 e. The lowest BCUT2D eigenvalue weighted by atomic mass is 10.0. The molecule has 1 aliphatic carbocycles. The van der Waals surface area contributed by atoms with Gasteiger partial charge >= 0.3 is 12.4 Å². The van der Waals surface area contributed by atoms with Crippen molar-refractivity contribution in [2.45, 2.75) is 48.6 Å². The summed E-state index contributed by atoms with van der Waals surface area (Å²) in [6.07, 6.45) is -10.0. The van der Waals surface area contributed by atoms with Gasteiger partial charge in [0.25, 0.3) is 0 Å². The minimum absolute atomic E-state index is 0.128. The van der Waals surface area contributed by atoms with Crippen LogP contribution in [0.2, 0.25) is 0 Å². The first-order valence-electron chi connectivity index (χ1n) is 10.8. The SMILES string of the molecule is N#CC1(NC(=O)[C@H](CS(=O)(=O)Cc2ccccc2C(F)(F)F)N[C@@H](c2ccc(F)cc2F)C(F)(F)F)CC1. The Kier molecular flexibility index (Phi) is 8.09. The molecule has 3 rings (SSSR count). The van der Waals surface area contributed by atoms with E-state index in [-0.39, 0.29) is 18.9 Å². The van der Waals surface area contributed by atoms with E-state index in [1.54, 1.807) is 11.4 Å². The van der Waals surface area contributed by atoms with Crippen molar-refractivity contribution in [1.82, 2.24) is 10.6 Å². The van der Waals surface area contributed by atoms with E-state index in [9.17, 15) is 53.6 Å². The van der Waals surface area contributed by atoms with Gasteiger partial charge in [0.05, 0.1) is 23.1 Å². The zero-order valence-corrected chi connectivity index (χ0v) is 19.9. The average Bonchev–Trinajstić information content (AvgIpc) is 3.55. The van der Waals surface area contributed by atoms with E-state index < -0.39 is 85.6 Å². The summed E-state index contributed by atoms with van der Waals surface area (Å²) in [7, 11) is -4.72. The molecule has 0 saturated heterocycles. The second-order valence-corrected chi connectivity index (χ2v) is 10.9. The zero-order chi connectivity index (χ0) is 28.5. The highest BCUT2D eigenvalue weighted by molar-refractivity contribution is 7.90. The monoisotopic (exact) mass is 569 g/mol. The smallest absolute Gasteiger partial charge is 0.336 e. The number of carbonyl (C=O) groups excluding carboxylic acids is 1. The summed E-state index contributed by atoms with van der Waals surface area (Å²) >= 11 is 0. The lowest BCUT2D eigenvalue weighted by Gasteiger charge is -2.28. The normalized spacial score (nSPS) is 16.8. The fourth-order valence-corrected chi connectivity index (χ4v) is 5.28. The van der Waals surface area contributed by atoms with Crippen molar-refractivity contribution in [2.24, 2.45) is 0 Å². The van der Waals surface area contributed by atoms with Crippen LogP contribution in [0.25, 0.3) is 0 Å². The highest BCUT2D eigenvalue weighted by Gasteiger charge is 2.49. The predicted molar refractivity (Wildman–Crippen MR) is 117 cm³/mol. The van der Waals surface area contributed by atoms with Crippen LogP contribution in [0.15, 0.2) is 42.5 Å². The standard InChI is InChI=1S/C23H19F8N3O3S/c24-14-5-6-15(17(25)9-14)19(23(29,30)31)33-18(20(35)34-21(12-32)7-8-21)11-38(36,37)10-13-3-1-2-4-16(13)22(26,27)28/h1-6,9,18-19,33H,7-8,10-11H2,(H,34,35)/t18-,19-/m0/s1. The van der Waals surface area contributed by atoms with Crippen molar-refractivity contribution in [3.8, 4) is 6.07 Å². The quantitative estimate of drug-likeness (QED) is 0.438. The lowest BCUT2D eigenvalue weighted by Crippen LogP contribution is -2.54. The largest absolute Gasteiger partial charge is 0.416 e. The fraction of sp³-hybridized carbons (Fsp3) is 0.391. The number of sulfone groups is 1. The van der Waals surface area contributed by atoms with Crippen LogP contribution < -0.4 is 10.6 Å². The number of benzene rings is 2. The molecule has 2 atom stereocenters. The molecule has 0 unspecified atom stereocenters. The van der Waals surface area contributed by atoms with Crippen LogP contribution in [0.4, 0.5) is 35.1 Å². The molecule has 6 nitrogen and oxygen atoms in total. The zero-order valence-electron chi connectivity index (χ0n) is 19.1. The topological polar surface area (TPSA) is 99.1 Å². The van der Waals surface area contributed by atoms with E-state index in [4.69, 9.17) is 0 Å². The Balaban J connectivity index is 1.97. The van der Waals surface area contributed by atoms with E-state index in [1.165, 1.54) is 0 Å². The molecule has 0 radical (unpaired) electrons. The number of hydrogen-bond acceptors (Lipinski definition) is 5. The van der Waals surface area contributed by atoms with E-state index >= 15 is 0 Å². The number of halogens is 8. The van der Waals surface area contributed by atoms with Gasteiger partial charge in [-0.3, -0.25) is 10.1 Å². The van der Waals surface area contributed by atoms with Gasteiger partial charge in [-0.15, -0.1) is 0 Å². The maximum absolute atomic E-state index is 14.3. The molecule has 2 N–H and O–H groups in total. The number of alkyl halides is 6. The Morgan fingerprint density at radius 1 is 1.05 bits per heavy atom. The van der Waals surface area contributed by atoms with E-state index in [0.717, 1.165) is 18.2 Å². The minimum Gasteiger partial charge on any atom is -0.336 e. The minimum atomic E-state index is -5.32. The first kappa shape index (κ1) is 29.3. The van der Waals surface area contributed by atoms with E-state index in [1.807, 2.05) is 0 Å². The summed E-state index contributed by atoms with van der Waals surface area (Å²) < 4.78 is 135. The van der Waals surface area contributed by atoms with Crippen LogP contribution in [-0.4, -0.2) is 37.8 Å². The molecule has 0 bridgehead atoms. The molecule has 1 amide bonds. The number of nitrogens with one attached hydrogen (secondary N) is 2. The van der Waals surface area contributed by atoms with Gasteiger partial charge in [0.15, 0.2) is 9.84 Å². The van der Waals surface area contributed by atoms with Gasteiger partial charge < -0.3 is 5.32 Å². The Labute approximate surface area is 211 Å². The molecule has 0 spiro atoms. The third-order valence-electron chi connectivity index (χ3n) is 5.73. The number of amides is 1. The molecule has 0 aromatic heterocycles. The van der Waals surface area contributed by atoms with E-state index in [0.29, 0.717) is 18.2 Å². The van der Waals surface area contributed by atoms with Gasteiger partial charge in [-0.1, -0.05) is 24.3 Å². The molecule has 1 aliphatic rings. The first-order chi connectivity index (χ1) is 17.5. The van der Waals surface area contributed by atoms with Gasteiger partial charge in [-0.2, -0.15) is 31.6 Å². The third-order valence-corrected chi connectivity index (χ3v) is 7.32. The summed E-state index contributed by atoms with van der Waals surface area (Å²) in [5, 5.41) is 13.1. The molecule has 2 aromatic rings.